The Hall–Kier alpha value is -2.64. The summed E-state index contributed by atoms with van der Waals surface area (Å²) in [5.41, 5.74) is -0.803. The van der Waals surface area contributed by atoms with Crippen molar-refractivity contribution in [2.75, 3.05) is 13.1 Å². The summed E-state index contributed by atoms with van der Waals surface area (Å²) in [6.45, 7) is 2.19. The van der Waals surface area contributed by atoms with Crippen molar-refractivity contribution < 1.29 is 4.79 Å². The summed E-state index contributed by atoms with van der Waals surface area (Å²) in [4.78, 5) is 43.6. The summed E-state index contributed by atoms with van der Waals surface area (Å²) >= 11 is 0. The van der Waals surface area contributed by atoms with Crippen molar-refractivity contribution in [2.24, 2.45) is 20.0 Å². The van der Waals surface area contributed by atoms with Crippen LogP contribution < -0.4 is 11.2 Å². The molecule has 8 nitrogen and oxygen atoms in total. The molecule has 2 aliphatic rings. The van der Waals surface area contributed by atoms with Crippen molar-refractivity contribution >= 4 is 5.91 Å². The molecule has 1 aliphatic carbocycles. The number of carbonyl (C=O) groups is 1. The van der Waals surface area contributed by atoms with Gasteiger partial charge in [0.25, 0.3) is 11.5 Å². The van der Waals surface area contributed by atoms with Crippen LogP contribution in [0.15, 0.2) is 28.0 Å². The molecule has 0 N–H and O–H groups in total. The number of aromatic nitrogens is 4. The van der Waals surface area contributed by atoms with Gasteiger partial charge in [0.15, 0.2) is 0 Å². The molecule has 1 atom stereocenters. The predicted octanol–water partition coefficient (Wildman–Crippen LogP) is 1.10. The highest BCUT2D eigenvalue weighted by Gasteiger charge is 2.30. The summed E-state index contributed by atoms with van der Waals surface area (Å²) in [6, 6.07) is 1.25. The zero-order chi connectivity index (χ0) is 19.8. The van der Waals surface area contributed by atoms with Gasteiger partial charge < -0.3 is 9.47 Å². The van der Waals surface area contributed by atoms with E-state index in [0.717, 1.165) is 35.7 Å². The molecule has 1 saturated heterocycles. The summed E-state index contributed by atoms with van der Waals surface area (Å²) in [6.07, 6.45) is 9.63. The van der Waals surface area contributed by atoms with Crippen molar-refractivity contribution in [2.45, 2.75) is 44.6 Å². The molecular weight excluding hydrogens is 358 g/mol. The minimum atomic E-state index is -0.486. The normalized spacial score (nSPS) is 20.2. The lowest BCUT2D eigenvalue weighted by molar-refractivity contribution is 0.0690. The predicted molar refractivity (Wildman–Crippen MR) is 104 cm³/mol. The molecule has 1 saturated carbocycles. The summed E-state index contributed by atoms with van der Waals surface area (Å²) in [7, 11) is 2.94. The maximum Gasteiger partial charge on any atom is 0.331 e. The maximum atomic E-state index is 13.1. The average Bonchev–Trinajstić information content (AvgIpc) is 3.14. The van der Waals surface area contributed by atoms with E-state index in [0.29, 0.717) is 13.1 Å². The Morgan fingerprint density at radius 2 is 1.93 bits per heavy atom. The number of carbonyl (C=O) groups excluding carboxylic acids is 1. The van der Waals surface area contributed by atoms with Crippen LogP contribution >= 0.6 is 0 Å². The Morgan fingerprint density at radius 1 is 1.14 bits per heavy atom. The Morgan fingerprint density at radius 3 is 2.64 bits per heavy atom. The van der Waals surface area contributed by atoms with Gasteiger partial charge in [-0.05, 0) is 31.6 Å². The number of nitrogens with zero attached hydrogens (tertiary/aromatic N) is 5. The highest BCUT2D eigenvalue weighted by atomic mass is 16.2. The summed E-state index contributed by atoms with van der Waals surface area (Å²) in [5, 5.41) is 0. The van der Waals surface area contributed by atoms with Crippen molar-refractivity contribution in [3.63, 3.8) is 0 Å². The third kappa shape index (κ3) is 3.31. The van der Waals surface area contributed by atoms with Crippen LogP contribution in [0.2, 0.25) is 0 Å². The first kappa shape index (κ1) is 18.7. The largest absolute Gasteiger partial charge is 0.337 e. The fourth-order valence-corrected chi connectivity index (χ4v) is 4.26. The lowest BCUT2D eigenvalue weighted by Crippen LogP contribution is -2.45. The van der Waals surface area contributed by atoms with Gasteiger partial charge in [-0.25, -0.2) is 9.78 Å². The molecule has 0 spiro atoms. The third-order valence-electron chi connectivity index (χ3n) is 6.25. The van der Waals surface area contributed by atoms with Crippen LogP contribution in [-0.4, -0.2) is 42.6 Å². The third-order valence-corrected chi connectivity index (χ3v) is 6.25. The van der Waals surface area contributed by atoms with Gasteiger partial charge in [-0.3, -0.25) is 18.7 Å². The highest BCUT2D eigenvalue weighted by molar-refractivity contribution is 5.92. The molecular formula is C20H27N5O3. The second-order valence-electron chi connectivity index (χ2n) is 8.09. The van der Waals surface area contributed by atoms with Gasteiger partial charge in [-0.15, -0.1) is 0 Å². The number of amides is 1. The summed E-state index contributed by atoms with van der Waals surface area (Å²) < 4.78 is 4.51. The quantitative estimate of drug-likeness (QED) is 0.789. The van der Waals surface area contributed by atoms with E-state index in [9.17, 15) is 14.4 Å². The minimum Gasteiger partial charge on any atom is -0.337 e. The van der Waals surface area contributed by atoms with E-state index in [1.54, 1.807) is 4.90 Å². The van der Waals surface area contributed by atoms with Gasteiger partial charge in [-0.2, -0.15) is 0 Å². The first-order valence-corrected chi connectivity index (χ1v) is 10.0. The van der Waals surface area contributed by atoms with Gasteiger partial charge >= 0.3 is 5.69 Å². The van der Waals surface area contributed by atoms with Crippen LogP contribution in [0.3, 0.4) is 0 Å². The second kappa shape index (κ2) is 7.41. The van der Waals surface area contributed by atoms with E-state index in [4.69, 9.17) is 0 Å². The average molecular weight is 385 g/mol. The lowest BCUT2D eigenvalue weighted by Gasteiger charge is -2.34. The molecule has 3 heterocycles. The molecule has 28 heavy (non-hydrogen) atoms. The van der Waals surface area contributed by atoms with Crippen LogP contribution in [0.1, 0.15) is 54.3 Å². The SMILES string of the molecule is Cn1c(C(=O)N2CCC[C@@H](c3nccn3CC3CCC3)C2)cc(=O)n(C)c1=O. The van der Waals surface area contributed by atoms with Gasteiger partial charge in [0.1, 0.15) is 11.5 Å². The fraction of sp³-hybridized carbons (Fsp3) is 0.600. The van der Waals surface area contributed by atoms with E-state index in [1.165, 1.54) is 44.0 Å². The molecule has 4 rings (SSSR count). The van der Waals surface area contributed by atoms with Crippen LogP contribution in [-0.2, 0) is 20.6 Å². The lowest BCUT2D eigenvalue weighted by atomic mass is 9.85. The van der Waals surface area contributed by atoms with Crippen LogP contribution in [0, 0.1) is 5.92 Å². The highest BCUT2D eigenvalue weighted by Crippen LogP contribution is 2.31. The maximum absolute atomic E-state index is 13.1. The van der Waals surface area contributed by atoms with Gasteiger partial charge in [0, 0.05) is 58.1 Å². The number of piperidine rings is 1. The first-order valence-electron chi connectivity index (χ1n) is 10.0. The molecule has 2 fully saturated rings. The van der Waals surface area contributed by atoms with Crippen LogP contribution in [0.5, 0.6) is 0 Å². The number of rotatable bonds is 4. The minimum absolute atomic E-state index is 0.145. The van der Waals surface area contributed by atoms with E-state index >= 15 is 0 Å². The first-order chi connectivity index (χ1) is 13.5. The molecule has 0 unspecified atom stereocenters. The van der Waals surface area contributed by atoms with Crippen molar-refractivity contribution in [1.82, 2.24) is 23.6 Å². The number of hydrogen-bond donors (Lipinski definition) is 0. The smallest absolute Gasteiger partial charge is 0.331 e. The van der Waals surface area contributed by atoms with Crippen molar-refractivity contribution in [3.05, 3.63) is 50.8 Å². The molecule has 2 aromatic rings. The van der Waals surface area contributed by atoms with Gasteiger partial charge in [-0.1, -0.05) is 6.42 Å². The van der Waals surface area contributed by atoms with Gasteiger partial charge in [0.05, 0.1) is 0 Å². The monoisotopic (exact) mass is 385 g/mol. The summed E-state index contributed by atoms with van der Waals surface area (Å²) in [5.74, 6) is 1.70. The van der Waals surface area contributed by atoms with E-state index in [1.807, 2.05) is 12.4 Å². The Kier molecular flexibility index (Phi) is 4.95. The Balaban J connectivity index is 1.55. The van der Waals surface area contributed by atoms with Crippen LogP contribution in [0.4, 0.5) is 0 Å². The fourth-order valence-electron chi connectivity index (χ4n) is 4.26. The van der Waals surface area contributed by atoms with E-state index in [-0.39, 0.29) is 17.5 Å². The topological polar surface area (TPSA) is 82.1 Å². The van der Waals surface area contributed by atoms with Gasteiger partial charge in [0.2, 0.25) is 0 Å². The number of hydrogen-bond acceptors (Lipinski definition) is 4. The molecule has 1 amide bonds. The van der Waals surface area contributed by atoms with Crippen molar-refractivity contribution in [3.8, 4) is 0 Å². The molecule has 2 aromatic heterocycles. The number of likely N-dealkylation sites (tertiary alicyclic amines) is 1. The zero-order valence-corrected chi connectivity index (χ0v) is 16.5. The zero-order valence-electron chi connectivity index (χ0n) is 16.5. The molecule has 0 radical (unpaired) electrons. The molecule has 8 heteroatoms. The number of imidazole rings is 1. The second-order valence-corrected chi connectivity index (χ2v) is 8.09. The molecule has 0 aromatic carbocycles. The Labute approximate surface area is 163 Å². The van der Waals surface area contributed by atoms with Crippen molar-refractivity contribution in [1.29, 1.82) is 0 Å². The molecule has 150 valence electrons. The Bertz CT molecular complexity index is 998. The van der Waals surface area contributed by atoms with Crippen LogP contribution in [0.25, 0.3) is 0 Å². The standard InChI is InChI=1S/C20H27N5O3/c1-22-16(11-17(26)23(2)20(22)28)19(27)25-9-4-7-15(13-25)18-21-8-10-24(18)12-14-5-3-6-14/h8,10-11,14-15H,3-7,9,12-13H2,1-2H3/t15-/m1/s1. The molecule has 0 bridgehead atoms. The van der Waals surface area contributed by atoms with E-state index < -0.39 is 11.2 Å². The molecule has 1 aliphatic heterocycles. The van der Waals surface area contributed by atoms with E-state index in [2.05, 4.69) is 9.55 Å².